The number of nitro benzene ring substituents is 1. The number of carbonyl (C=O) groups excluding carboxylic acids is 1. The zero-order chi connectivity index (χ0) is 19.7. The predicted octanol–water partition coefficient (Wildman–Crippen LogP) is 4.96. The lowest BCUT2D eigenvalue weighted by Crippen LogP contribution is -2.14. The minimum atomic E-state index is -0.468. The van der Waals surface area contributed by atoms with Gasteiger partial charge in [-0.3, -0.25) is 14.9 Å². The van der Waals surface area contributed by atoms with Crippen LogP contribution in [0, 0.1) is 17.0 Å². The zero-order valence-electron chi connectivity index (χ0n) is 14.9. The molecule has 138 valence electrons. The molecule has 7 nitrogen and oxygen atoms in total. The highest BCUT2D eigenvalue weighted by Crippen LogP contribution is 2.27. The maximum absolute atomic E-state index is 13.0. The van der Waals surface area contributed by atoms with Crippen molar-refractivity contribution in [1.82, 2.24) is 4.98 Å². The van der Waals surface area contributed by atoms with E-state index in [-0.39, 0.29) is 11.6 Å². The van der Waals surface area contributed by atoms with Crippen LogP contribution in [0.25, 0.3) is 22.4 Å². The number of amides is 1. The molecule has 0 spiro atoms. The van der Waals surface area contributed by atoms with E-state index in [1.165, 1.54) is 18.2 Å². The Hall–Kier alpha value is -4.00. The van der Waals surface area contributed by atoms with Gasteiger partial charge in [0.25, 0.3) is 11.6 Å². The van der Waals surface area contributed by atoms with E-state index in [1.807, 2.05) is 24.3 Å². The third kappa shape index (κ3) is 3.21. The molecule has 1 amide bonds. The van der Waals surface area contributed by atoms with E-state index < -0.39 is 4.92 Å². The molecule has 0 unspecified atom stereocenters. The van der Waals surface area contributed by atoms with Crippen LogP contribution in [0.5, 0.6) is 0 Å². The molecule has 4 rings (SSSR count). The Morgan fingerprint density at radius 1 is 1.11 bits per heavy atom. The maximum atomic E-state index is 13.0. The summed E-state index contributed by atoms with van der Waals surface area (Å²) < 4.78 is 5.42. The van der Waals surface area contributed by atoms with Gasteiger partial charge in [-0.2, -0.15) is 0 Å². The molecule has 0 atom stereocenters. The summed E-state index contributed by atoms with van der Waals surface area (Å²) in [6.07, 6.45) is 1.55. The third-order valence-electron chi connectivity index (χ3n) is 4.40. The van der Waals surface area contributed by atoms with Crippen molar-refractivity contribution in [2.75, 3.05) is 5.32 Å². The number of aromatic nitrogens is 1. The molecule has 1 N–H and O–H groups in total. The summed E-state index contributed by atoms with van der Waals surface area (Å²) in [6, 6.07) is 16.9. The molecule has 0 aliphatic rings. The monoisotopic (exact) mass is 373 g/mol. The summed E-state index contributed by atoms with van der Waals surface area (Å²) in [5.74, 6) is 0.231. The van der Waals surface area contributed by atoms with Crippen LogP contribution in [-0.2, 0) is 0 Å². The van der Waals surface area contributed by atoms with Crippen molar-refractivity contribution in [3.05, 3.63) is 88.2 Å². The van der Waals surface area contributed by atoms with Gasteiger partial charge in [0.1, 0.15) is 5.69 Å². The Bertz CT molecular complexity index is 1200. The smallest absolute Gasteiger partial charge is 0.269 e. The van der Waals surface area contributed by atoms with Gasteiger partial charge in [0, 0.05) is 23.2 Å². The number of furan rings is 1. The first-order valence-corrected chi connectivity index (χ1v) is 8.53. The summed E-state index contributed by atoms with van der Waals surface area (Å²) in [6.45, 7) is 1.71. The fourth-order valence-corrected chi connectivity index (χ4v) is 3.01. The molecule has 0 bridgehead atoms. The van der Waals surface area contributed by atoms with Gasteiger partial charge >= 0.3 is 0 Å². The lowest BCUT2D eigenvalue weighted by atomic mass is 10.1. The van der Waals surface area contributed by atoms with E-state index in [0.29, 0.717) is 39.2 Å². The molecule has 0 saturated heterocycles. The second-order valence-electron chi connectivity index (χ2n) is 6.26. The van der Waals surface area contributed by atoms with Crippen molar-refractivity contribution in [3.63, 3.8) is 0 Å². The number of rotatable bonds is 4. The van der Waals surface area contributed by atoms with E-state index in [4.69, 9.17) is 4.42 Å². The number of nitrogens with one attached hydrogen (secondary N) is 1. The number of hydrogen-bond donors (Lipinski definition) is 1. The zero-order valence-corrected chi connectivity index (χ0v) is 14.9. The third-order valence-corrected chi connectivity index (χ3v) is 4.40. The molecule has 0 saturated carbocycles. The van der Waals surface area contributed by atoms with E-state index in [9.17, 15) is 14.9 Å². The molecule has 0 radical (unpaired) electrons. The summed E-state index contributed by atoms with van der Waals surface area (Å²) in [5, 5.41) is 14.4. The number of pyridine rings is 1. The van der Waals surface area contributed by atoms with Gasteiger partial charge in [-0.15, -0.1) is 0 Å². The van der Waals surface area contributed by atoms with Gasteiger partial charge in [0.05, 0.1) is 22.3 Å². The number of carbonyl (C=O) groups is 1. The van der Waals surface area contributed by atoms with E-state index >= 15 is 0 Å². The van der Waals surface area contributed by atoms with Crippen molar-refractivity contribution >= 4 is 28.2 Å². The van der Waals surface area contributed by atoms with Gasteiger partial charge in [0.2, 0.25) is 0 Å². The number of fused-ring (bicyclic) bond motifs is 1. The SMILES string of the molecule is Cc1cc([N+](=O)[O-])ccc1NC(=O)c1cc(-c2ccco2)nc2ccccc12. The highest BCUT2D eigenvalue weighted by Gasteiger charge is 2.17. The normalized spacial score (nSPS) is 10.8. The fourth-order valence-electron chi connectivity index (χ4n) is 3.01. The number of hydrogen-bond acceptors (Lipinski definition) is 5. The molecule has 0 aliphatic heterocycles. The Morgan fingerprint density at radius 2 is 1.93 bits per heavy atom. The average Bonchev–Trinajstić information content (AvgIpc) is 3.23. The molecule has 2 heterocycles. The highest BCUT2D eigenvalue weighted by atomic mass is 16.6. The van der Waals surface area contributed by atoms with E-state index in [0.717, 1.165) is 0 Å². The van der Waals surface area contributed by atoms with Crippen LogP contribution < -0.4 is 5.32 Å². The van der Waals surface area contributed by atoms with Crippen molar-refractivity contribution in [1.29, 1.82) is 0 Å². The largest absolute Gasteiger partial charge is 0.463 e. The van der Waals surface area contributed by atoms with Crippen LogP contribution >= 0.6 is 0 Å². The Morgan fingerprint density at radius 3 is 2.64 bits per heavy atom. The Balaban J connectivity index is 1.76. The van der Waals surface area contributed by atoms with Gasteiger partial charge < -0.3 is 9.73 Å². The van der Waals surface area contributed by atoms with Gasteiger partial charge in [0.15, 0.2) is 5.76 Å². The minimum absolute atomic E-state index is 0.0232. The molecule has 0 fully saturated rings. The predicted molar refractivity (Wildman–Crippen MR) is 105 cm³/mol. The quantitative estimate of drug-likeness (QED) is 0.402. The van der Waals surface area contributed by atoms with Crippen LogP contribution in [0.2, 0.25) is 0 Å². The molecular weight excluding hydrogens is 358 g/mol. The minimum Gasteiger partial charge on any atom is -0.463 e. The van der Waals surface area contributed by atoms with Crippen LogP contribution in [0.3, 0.4) is 0 Å². The molecular formula is C21H15N3O4. The number of para-hydroxylation sites is 1. The summed E-state index contributed by atoms with van der Waals surface area (Å²) >= 11 is 0. The lowest BCUT2D eigenvalue weighted by Gasteiger charge is -2.11. The van der Waals surface area contributed by atoms with Crippen LogP contribution in [0.15, 0.2) is 71.3 Å². The van der Waals surface area contributed by atoms with Gasteiger partial charge in [-0.25, -0.2) is 4.98 Å². The summed E-state index contributed by atoms with van der Waals surface area (Å²) in [5.41, 5.74) is 2.75. The topological polar surface area (TPSA) is 98.3 Å². The number of non-ortho nitro benzene ring substituents is 1. The number of benzene rings is 2. The molecule has 28 heavy (non-hydrogen) atoms. The van der Waals surface area contributed by atoms with Crippen LogP contribution in [0.1, 0.15) is 15.9 Å². The molecule has 0 aliphatic carbocycles. The Labute approximate surface area is 159 Å². The van der Waals surface area contributed by atoms with Gasteiger partial charge in [-0.1, -0.05) is 18.2 Å². The Kier molecular flexibility index (Phi) is 4.33. The first-order chi connectivity index (χ1) is 13.5. The number of anilines is 1. The average molecular weight is 373 g/mol. The van der Waals surface area contributed by atoms with Gasteiger partial charge in [-0.05, 0) is 42.8 Å². The number of aryl methyl sites for hydroxylation is 1. The standard InChI is InChI=1S/C21H15N3O4/c1-13-11-14(24(26)27)8-9-17(13)23-21(25)16-12-19(20-7-4-10-28-20)22-18-6-3-2-5-15(16)18/h2-12H,1H3,(H,23,25). The lowest BCUT2D eigenvalue weighted by molar-refractivity contribution is -0.384. The van der Waals surface area contributed by atoms with Crippen LogP contribution in [-0.4, -0.2) is 15.8 Å². The fraction of sp³-hybridized carbons (Fsp3) is 0.0476. The highest BCUT2D eigenvalue weighted by molar-refractivity contribution is 6.13. The first kappa shape index (κ1) is 17.4. The number of nitro groups is 1. The van der Waals surface area contributed by atoms with Crippen molar-refractivity contribution in [2.24, 2.45) is 0 Å². The first-order valence-electron chi connectivity index (χ1n) is 8.53. The summed E-state index contributed by atoms with van der Waals surface area (Å²) in [4.78, 5) is 28.0. The van der Waals surface area contributed by atoms with Crippen molar-refractivity contribution < 1.29 is 14.1 Å². The maximum Gasteiger partial charge on any atom is 0.269 e. The molecule has 2 aromatic heterocycles. The van der Waals surface area contributed by atoms with E-state index in [1.54, 1.807) is 31.4 Å². The van der Waals surface area contributed by atoms with Crippen molar-refractivity contribution in [3.8, 4) is 11.5 Å². The summed E-state index contributed by atoms with van der Waals surface area (Å²) in [7, 11) is 0. The molecule has 4 aromatic rings. The van der Waals surface area contributed by atoms with Crippen LogP contribution in [0.4, 0.5) is 11.4 Å². The number of nitrogens with zero attached hydrogens (tertiary/aromatic N) is 2. The van der Waals surface area contributed by atoms with Crippen molar-refractivity contribution in [2.45, 2.75) is 6.92 Å². The van der Waals surface area contributed by atoms with E-state index in [2.05, 4.69) is 10.3 Å². The second kappa shape index (κ2) is 6.96. The molecule has 7 heteroatoms. The molecule has 2 aromatic carbocycles. The second-order valence-corrected chi connectivity index (χ2v) is 6.26.